The summed E-state index contributed by atoms with van der Waals surface area (Å²) in [4.78, 5) is 16.3. The van der Waals surface area contributed by atoms with Crippen molar-refractivity contribution in [1.29, 1.82) is 0 Å². The molecule has 0 fully saturated rings. The Morgan fingerprint density at radius 2 is 1.75 bits per heavy atom. The number of nitrogens with one attached hydrogen (secondary N) is 2. The standard InChI is InChI=1S/C22H32N6O4/c1-6-30-18-12-16-17(13-19(18)31-7-2)28-15(5)26-27-21(28)20(25-16)23-10-8-9-11-24-22(29)32-14(3)4/h12-14H,6-11H2,1-5H3,(H,23,25)(H,24,29). The molecular weight excluding hydrogens is 412 g/mol. The molecule has 32 heavy (non-hydrogen) atoms. The Hall–Kier alpha value is -3.30. The van der Waals surface area contributed by atoms with Gasteiger partial charge in [0, 0.05) is 25.2 Å². The molecule has 0 aliphatic heterocycles. The van der Waals surface area contributed by atoms with Crippen LogP contribution in [0.3, 0.4) is 0 Å². The third-order valence-corrected chi connectivity index (χ3v) is 4.66. The van der Waals surface area contributed by atoms with Crippen molar-refractivity contribution in [1.82, 2.24) is 24.9 Å². The molecular formula is C22H32N6O4. The highest BCUT2D eigenvalue weighted by Gasteiger charge is 2.16. The summed E-state index contributed by atoms with van der Waals surface area (Å²) in [6, 6.07) is 3.81. The monoisotopic (exact) mass is 444 g/mol. The normalized spacial score (nSPS) is 11.2. The number of ether oxygens (including phenoxy) is 3. The maximum absolute atomic E-state index is 11.5. The fourth-order valence-corrected chi connectivity index (χ4v) is 3.34. The number of hydrogen-bond acceptors (Lipinski definition) is 8. The molecule has 2 aromatic heterocycles. The van der Waals surface area contributed by atoms with Crippen LogP contribution >= 0.6 is 0 Å². The van der Waals surface area contributed by atoms with E-state index in [1.165, 1.54) is 0 Å². The van der Waals surface area contributed by atoms with Crippen LogP contribution < -0.4 is 20.1 Å². The molecule has 174 valence electrons. The van der Waals surface area contributed by atoms with Crippen molar-refractivity contribution in [3.05, 3.63) is 18.0 Å². The van der Waals surface area contributed by atoms with E-state index in [9.17, 15) is 4.79 Å². The number of amides is 1. The third kappa shape index (κ3) is 5.49. The zero-order valence-corrected chi connectivity index (χ0v) is 19.4. The number of aromatic nitrogens is 4. The van der Waals surface area contributed by atoms with E-state index in [4.69, 9.17) is 19.2 Å². The van der Waals surface area contributed by atoms with Gasteiger partial charge in [-0.05, 0) is 47.5 Å². The zero-order chi connectivity index (χ0) is 23.1. The summed E-state index contributed by atoms with van der Waals surface area (Å²) in [6.45, 7) is 11.7. The zero-order valence-electron chi connectivity index (χ0n) is 19.4. The second-order valence-electron chi connectivity index (χ2n) is 7.54. The number of nitrogens with zero attached hydrogens (tertiary/aromatic N) is 4. The SMILES string of the molecule is CCOc1cc2nc(NCCCCNC(=O)OC(C)C)c3nnc(C)n3c2cc1OCC. The number of anilines is 1. The molecule has 1 amide bonds. The van der Waals surface area contributed by atoms with Crippen LogP contribution in [-0.2, 0) is 4.74 Å². The lowest BCUT2D eigenvalue weighted by Crippen LogP contribution is -2.27. The average molecular weight is 445 g/mol. The van der Waals surface area contributed by atoms with Crippen molar-refractivity contribution in [2.75, 3.05) is 31.6 Å². The van der Waals surface area contributed by atoms with Crippen LogP contribution in [0.4, 0.5) is 10.6 Å². The highest BCUT2D eigenvalue weighted by molar-refractivity contribution is 5.85. The lowest BCUT2D eigenvalue weighted by Gasteiger charge is -2.14. The molecule has 0 unspecified atom stereocenters. The summed E-state index contributed by atoms with van der Waals surface area (Å²) in [5.74, 6) is 2.73. The lowest BCUT2D eigenvalue weighted by atomic mass is 10.2. The molecule has 0 saturated carbocycles. The fraction of sp³-hybridized carbons (Fsp3) is 0.545. The van der Waals surface area contributed by atoms with Crippen molar-refractivity contribution in [2.45, 2.75) is 53.6 Å². The Kier molecular flexibility index (Phi) is 7.91. The molecule has 0 bridgehead atoms. The van der Waals surface area contributed by atoms with Gasteiger partial charge in [0.2, 0.25) is 5.65 Å². The van der Waals surface area contributed by atoms with Gasteiger partial charge in [0.25, 0.3) is 0 Å². The third-order valence-electron chi connectivity index (χ3n) is 4.66. The smallest absolute Gasteiger partial charge is 0.407 e. The lowest BCUT2D eigenvalue weighted by molar-refractivity contribution is 0.115. The summed E-state index contributed by atoms with van der Waals surface area (Å²) in [6.07, 6.45) is 1.13. The molecule has 2 heterocycles. The summed E-state index contributed by atoms with van der Waals surface area (Å²) >= 11 is 0. The van der Waals surface area contributed by atoms with Crippen LogP contribution in [-0.4, -0.2) is 58.1 Å². The first-order chi connectivity index (χ1) is 15.4. The first-order valence-electron chi connectivity index (χ1n) is 11.1. The second-order valence-corrected chi connectivity index (χ2v) is 7.54. The van der Waals surface area contributed by atoms with E-state index in [0.29, 0.717) is 49.3 Å². The quantitative estimate of drug-likeness (QED) is 0.431. The minimum Gasteiger partial charge on any atom is -0.490 e. The molecule has 0 aliphatic carbocycles. The Bertz CT molecular complexity index is 1070. The molecule has 2 N–H and O–H groups in total. The topological polar surface area (TPSA) is 112 Å². The van der Waals surface area contributed by atoms with Gasteiger partial charge < -0.3 is 24.8 Å². The Labute approximate surface area is 187 Å². The number of unbranched alkanes of at least 4 members (excludes halogenated alkanes) is 1. The number of benzene rings is 1. The highest BCUT2D eigenvalue weighted by atomic mass is 16.6. The van der Waals surface area contributed by atoms with Crippen LogP contribution in [0.5, 0.6) is 11.5 Å². The maximum atomic E-state index is 11.5. The van der Waals surface area contributed by atoms with E-state index in [-0.39, 0.29) is 12.2 Å². The summed E-state index contributed by atoms with van der Waals surface area (Å²) < 4.78 is 18.6. The molecule has 10 heteroatoms. The molecule has 3 rings (SSSR count). The highest BCUT2D eigenvalue weighted by Crippen LogP contribution is 2.34. The van der Waals surface area contributed by atoms with Crippen molar-refractivity contribution in [2.24, 2.45) is 0 Å². The van der Waals surface area contributed by atoms with E-state index in [1.54, 1.807) is 0 Å². The average Bonchev–Trinajstić information content (AvgIpc) is 3.13. The molecule has 1 aromatic carbocycles. The van der Waals surface area contributed by atoms with E-state index in [2.05, 4.69) is 20.8 Å². The second kappa shape index (κ2) is 10.8. The number of carbonyl (C=O) groups is 1. The molecule has 0 spiro atoms. The molecule has 0 atom stereocenters. The summed E-state index contributed by atoms with van der Waals surface area (Å²) in [5.41, 5.74) is 2.26. The van der Waals surface area contributed by atoms with Gasteiger partial charge in [-0.15, -0.1) is 10.2 Å². The van der Waals surface area contributed by atoms with Gasteiger partial charge in [-0.2, -0.15) is 0 Å². The number of alkyl carbamates (subject to hydrolysis) is 1. The van der Waals surface area contributed by atoms with Crippen LogP contribution in [0.2, 0.25) is 0 Å². The molecule has 3 aromatic rings. The van der Waals surface area contributed by atoms with Crippen LogP contribution in [0.15, 0.2) is 12.1 Å². The van der Waals surface area contributed by atoms with Crippen molar-refractivity contribution < 1.29 is 19.0 Å². The fourth-order valence-electron chi connectivity index (χ4n) is 3.34. The van der Waals surface area contributed by atoms with Gasteiger partial charge in [-0.1, -0.05) is 0 Å². The van der Waals surface area contributed by atoms with Crippen molar-refractivity contribution in [3.63, 3.8) is 0 Å². The number of rotatable bonds is 11. The molecule has 0 radical (unpaired) electrons. The number of fused-ring (bicyclic) bond motifs is 3. The molecule has 0 saturated heterocycles. The van der Waals surface area contributed by atoms with Gasteiger partial charge >= 0.3 is 6.09 Å². The van der Waals surface area contributed by atoms with Gasteiger partial charge in [0.05, 0.1) is 30.4 Å². The van der Waals surface area contributed by atoms with Crippen LogP contribution in [0.1, 0.15) is 46.4 Å². The molecule has 10 nitrogen and oxygen atoms in total. The van der Waals surface area contributed by atoms with Gasteiger partial charge in [0.15, 0.2) is 17.3 Å². The van der Waals surface area contributed by atoms with Gasteiger partial charge in [-0.25, -0.2) is 9.78 Å². The number of hydrogen-bond donors (Lipinski definition) is 2. The van der Waals surface area contributed by atoms with Crippen LogP contribution in [0.25, 0.3) is 16.7 Å². The first kappa shape index (κ1) is 23.4. The van der Waals surface area contributed by atoms with Crippen LogP contribution in [0, 0.1) is 6.92 Å². The Balaban J connectivity index is 1.75. The Morgan fingerprint density at radius 1 is 1.06 bits per heavy atom. The van der Waals surface area contributed by atoms with E-state index in [0.717, 1.165) is 29.7 Å². The minimum atomic E-state index is -0.388. The van der Waals surface area contributed by atoms with Crippen molar-refractivity contribution >= 4 is 28.6 Å². The van der Waals surface area contributed by atoms with Crippen molar-refractivity contribution in [3.8, 4) is 11.5 Å². The first-order valence-corrected chi connectivity index (χ1v) is 11.1. The van der Waals surface area contributed by atoms with E-state index >= 15 is 0 Å². The summed E-state index contributed by atoms with van der Waals surface area (Å²) in [7, 11) is 0. The predicted molar refractivity (Wildman–Crippen MR) is 123 cm³/mol. The summed E-state index contributed by atoms with van der Waals surface area (Å²) in [5, 5.41) is 14.7. The molecule has 0 aliphatic rings. The van der Waals surface area contributed by atoms with Gasteiger partial charge in [-0.3, -0.25) is 4.40 Å². The number of aryl methyl sites for hydroxylation is 1. The predicted octanol–water partition coefficient (Wildman–Crippen LogP) is 3.71. The maximum Gasteiger partial charge on any atom is 0.407 e. The largest absolute Gasteiger partial charge is 0.490 e. The Morgan fingerprint density at radius 3 is 2.44 bits per heavy atom. The van der Waals surface area contributed by atoms with E-state index < -0.39 is 0 Å². The van der Waals surface area contributed by atoms with E-state index in [1.807, 2.05) is 51.2 Å². The van der Waals surface area contributed by atoms with Gasteiger partial charge in [0.1, 0.15) is 5.82 Å². The minimum absolute atomic E-state index is 0.127. The number of carbonyl (C=O) groups excluding carboxylic acids is 1.